The molecule has 0 bridgehead atoms. The van der Waals surface area contributed by atoms with E-state index >= 15 is 0 Å². The van der Waals surface area contributed by atoms with Gasteiger partial charge in [-0.25, -0.2) is 0 Å². The standard InChI is InChI=1S/C10H10BrNO3/c11-7-2-1-3-8(6-7)12-9(13)4-5-10(14)15/h1-3,6H,4-5H2,(H,12,13)(H,14,15). The molecule has 0 heterocycles. The number of benzene rings is 1. The van der Waals surface area contributed by atoms with Gasteiger partial charge < -0.3 is 10.4 Å². The van der Waals surface area contributed by atoms with E-state index in [0.717, 1.165) is 4.47 Å². The molecule has 15 heavy (non-hydrogen) atoms. The maximum atomic E-state index is 11.2. The number of carbonyl (C=O) groups excluding carboxylic acids is 1. The summed E-state index contributed by atoms with van der Waals surface area (Å²) in [7, 11) is 0. The third kappa shape index (κ3) is 4.60. The maximum absolute atomic E-state index is 11.2. The summed E-state index contributed by atoms with van der Waals surface area (Å²) < 4.78 is 0.860. The fourth-order valence-electron chi connectivity index (χ4n) is 1.01. The summed E-state index contributed by atoms with van der Waals surface area (Å²) in [4.78, 5) is 21.5. The summed E-state index contributed by atoms with van der Waals surface area (Å²) in [6, 6.07) is 7.12. The van der Waals surface area contributed by atoms with Gasteiger partial charge in [0.2, 0.25) is 5.91 Å². The second-order valence-corrected chi connectivity index (χ2v) is 3.87. The molecule has 1 aromatic rings. The number of anilines is 1. The highest BCUT2D eigenvalue weighted by Crippen LogP contribution is 2.15. The van der Waals surface area contributed by atoms with Crippen LogP contribution >= 0.6 is 15.9 Å². The first-order chi connectivity index (χ1) is 7.08. The van der Waals surface area contributed by atoms with Gasteiger partial charge in [-0.3, -0.25) is 9.59 Å². The van der Waals surface area contributed by atoms with E-state index in [1.807, 2.05) is 6.07 Å². The molecule has 1 rings (SSSR count). The lowest BCUT2D eigenvalue weighted by Crippen LogP contribution is -2.13. The van der Waals surface area contributed by atoms with Crippen LogP contribution in [0.3, 0.4) is 0 Å². The first-order valence-electron chi connectivity index (χ1n) is 4.35. The van der Waals surface area contributed by atoms with E-state index in [0.29, 0.717) is 5.69 Å². The molecule has 0 aliphatic heterocycles. The lowest BCUT2D eigenvalue weighted by atomic mass is 10.2. The number of hydrogen-bond acceptors (Lipinski definition) is 2. The Morgan fingerprint density at radius 3 is 2.67 bits per heavy atom. The third-order valence-electron chi connectivity index (χ3n) is 1.67. The summed E-state index contributed by atoms with van der Waals surface area (Å²) in [5, 5.41) is 11.0. The SMILES string of the molecule is O=C(O)CCC(=O)Nc1cccc(Br)c1. The summed E-state index contributed by atoms with van der Waals surface area (Å²) in [6.07, 6.45) is -0.165. The van der Waals surface area contributed by atoms with Gasteiger partial charge in [0.05, 0.1) is 6.42 Å². The normalized spacial score (nSPS) is 9.67. The average molecular weight is 272 g/mol. The minimum absolute atomic E-state index is 0.0121. The number of halogens is 1. The van der Waals surface area contributed by atoms with Crippen molar-refractivity contribution in [1.29, 1.82) is 0 Å². The lowest BCUT2D eigenvalue weighted by Gasteiger charge is -2.03. The average Bonchev–Trinajstić information content (AvgIpc) is 2.15. The highest BCUT2D eigenvalue weighted by Gasteiger charge is 2.05. The van der Waals surface area contributed by atoms with Crippen molar-refractivity contribution in [1.82, 2.24) is 0 Å². The van der Waals surface area contributed by atoms with Gasteiger partial charge in [-0.15, -0.1) is 0 Å². The molecule has 5 heteroatoms. The Bertz CT molecular complexity index is 379. The number of carboxylic acids is 1. The Morgan fingerprint density at radius 2 is 2.07 bits per heavy atom. The Balaban J connectivity index is 2.48. The molecule has 0 saturated heterocycles. The van der Waals surface area contributed by atoms with Crippen molar-refractivity contribution in [2.24, 2.45) is 0 Å². The quantitative estimate of drug-likeness (QED) is 0.883. The molecule has 1 amide bonds. The van der Waals surface area contributed by atoms with E-state index in [9.17, 15) is 9.59 Å². The van der Waals surface area contributed by atoms with E-state index in [4.69, 9.17) is 5.11 Å². The molecule has 0 unspecified atom stereocenters. The molecule has 2 N–H and O–H groups in total. The van der Waals surface area contributed by atoms with Crippen LogP contribution in [-0.4, -0.2) is 17.0 Å². The molecule has 0 fully saturated rings. The Kier molecular flexibility index (Phi) is 4.30. The molecule has 0 spiro atoms. The Hall–Kier alpha value is -1.36. The largest absolute Gasteiger partial charge is 0.481 e. The van der Waals surface area contributed by atoms with Crippen molar-refractivity contribution in [3.63, 3.8) is 0 Å². The van der Waals surface area contributed by atoms with Crippen LogP contribution in [0.2, 0.25) is 0 Å². The second kappa shape index (κ2) is 5.50. The van der Waals surface area contributed by atoms with Gasteiger partial charge in [0.15, 0.2) is 0 Å². The molecule has 1 aromatic carbocycles. The predicted molar refractivity (Wildman–Crippen MR) is 59.6 cm³/mol. The molecule has 4 nitrogen and oxygen atoms in total. The molecule has 0 atom stereocenters. The van der Waals surface area contributed by atoms with Gasteiger partial charge in [0.25, 0.3) is 0 Å². The number of hydrogen-bond donors (Lipinski definition) is 2. The van der Waals surface area contributed by atoms with Crippen LogP contribution in [0, 0.1) is 0 Å². The zero-order valence-electron chi connectivity index (χ0n) is 7.87. The molecule has 0 aliphatic rings. The van der Waals surface area contributed by atoms with Crippen molar-refractivity contribution in [3.8, 4) is 0 Å². The number of nitrogens with one attached hydrogen (secondary N) is 1. The van der Waals surface area contributed by atoms with Crippen molar-refractivity contribution >= 4 is 33.5 Å². The highest BCUT2D eigenvalue weighted by molar-refractivity contribution is 9.10. The van der Waals surface area contributed by atoms with Gasteiger partial charge in [-0.2, -0.15) is 0 Å². The molecule has 0 radical (unpaired) electrons. The van der Waals surface area contributed by atoms with Crippen LogP contribution in [0.1, 0.15) is 12.8 Å². The molecule has 0 aromatic heterocycles. The van der Waals surface area contributed by atoms with Crippen LogP contribution in [-0.2, 0) is 9.59 Å². The summed E-state index contributed by atoms with van der Waals surface area (Å²) in [5.41, 5.74) is 0.653. The fourth-order valence-corrected chi connectivity index (χ4v) is 1.41. The predicted octanol–water partition coefficient (Wildman–Crippen LogP) is 2.25. The second-order valence-electron chi connectivity index (χ2n) is 2.95. The molecular weight excluding hydrogens is 262 g/mol. The van der Waals surface area contributed by atoms with Crippen LogP contribution in [0.15, 0.2) is 28.7 Å². The number of carbonyl (C=O) groups is 2. The maximum Gasteiger partial charge on any atom is 0.303 e. The van der Waals surface area contributed by atoms with Gasteiger partial charge >= 0.3 is 5.97 Å². The monoisotopic (exact) mass is 271 g/mol. The third-order valence-corrected chi connectivity index (χ3v) is 2.17. The first-order valence-corrected chi connectivity index (χ1v) is 5.14. The lowest BCUT2D eigenvalue weighted by molar-refractivity contribution is -0.138. The number of carboxylic acid groups (broad SMARTS) is 1. The van der Waals surface area contributed by atoms with Crippen molar-refractivity contribution < 1.29 is 14.7 Å². The van der Waals surface area contributed by atoms with Crippen LogP contribution in [0.4, 0.5) is 5.69 Å². The first kappa shape index (κ1) is 11.7. The van der Waals surface area contributed by atoms with Crippen molar-refractivity contribution in [2.45, 2.75) is 12.8 Å². The van der Waals surface area contributed by atoms with Gasteiger partial charge in [0, 0.05) is 16.6 Å². The molecule has 0 saturated carbocycles. The number of rotatable bonds is 4. The molecular formula is C10H10BrNO3. The van der Waals surface area contributed by atoms with Gasteiger partial charge in [-0.05, 0) is 18.2 Å². The van der Waals surface area contributed by atoms with E-state index in [2.05, 4.69) is 21.2 Å². The smallest absolute Gasteiger partial charge is 0.303 e. The van der Waals surface area contributed by atoms with Crippen molar-refractivity contribution in [3.05, 3.63) is 28.7 Å². The van der Waals surface area contributed by atoms with Gasteiger partial charge in [-0.1, -0.05) is 22.0 Å². The summed E-state index contributed by atoms with van der Waals surface area (Å²) in [5.74, 6) is -1.27. The van der Waals surface area contributed by atoms with E-state index in [1.165, 1.54) is 0 Å². The topological polar surface area (TPSA) is 66.4 Å². The van der Waals surface area contributed by atoms with Crippen LogP contribution in [0.5, 0.6) is 0 Å². The number of amides is 1. The minimum atomic E-state index is -0.973. The van der Waals surface area contributed by atoms with E-state index in [1.54, 1.807) is 18.2 Å². The summed E-state index contributed by atoms with van der Waals surface area (Å²) >= 11 is 3.27. The highest BCUT2D eigenvalue weighted by atomic mass is 79.9. The van der Waals surface area contributed by atoms with Gasteiger partial charge in [0.1, 0.15) is 0 Å². The molecule has 0 aliphatic carbocycles. The Labute approximate surface area is 95.4 Å². The van der Waals surface area contributed by atoms with Crippen LogP contribution < -0.4 is 5.32 Å². The summed E-state index contributed by atoms with van der Waals surface area (Å²) in [6.45, 7) is 0. The minimum Gasteiger partial charge on any atom is -0.481 e. The van der Waals surface area contributed by atoms with E-state index in [-0.39, 0.29) is 18.7 Å². The van der Waals surface area contributed by atoms with Crippen LogP contribution in [0.25, 0.3) is 0 Å². The zero-order chi connectivity index (χ0) is 11.3. The zero-order valence-corrected chi connectivity index (χ0v) is 9.45. The van der Waals surface area contributed by atoms with E-state index < -0.39 is 5.97 Å². The fraction of sp³-hybridized carbons (Fsp3) is 0.200. The Morgan fingerprint density at radius 1 is 1.33 bits per heavy atom. The number of aliphatic carboxylic acids is 1. The molecule has 80 valence electrons. The van der Waals surface area contributed by atoms with Crippen molar-refractivity contribution in [2.75, 3.05) is 5.32 Å².